The number of benzene rings is 2. The van der Waals surface area contributed by atoms with Gasteiger partial charge in [0.25, 0.3) is 0 Å². The van der Waals surface area contributed by atoms with Crippen molar-refractivity contribution in [3.05, 3.63) is 83.9 Å². The van der Waals surface area contributed by atoms with Crippen molar-refractivity contribution in [2.75, 3.05) is 25.4 Å². The minimum Gasteiger partial charge on any atom is -0.305 e. The van der Waals surface area contributed by atoms with Crippen molar-refractivity contribution < 1.29 is 0 Å². The SMILES string of the molecule is Cc1ccc2c(-c3nnc(SCCCN4CCc5ccc(-c6cnccn6)cc5CC4)n3C)cccc2n1. The number of aromatic nitrogens is 6. The lowest BCUT2D eigenvalue weighted by atomic mass is 9.99. The van der Waals surface area contributed by atoms with Crippen LogP contribution in [0.2, 0.25) is 0 Å². The van der Waals surface area contributed by atoms with Gasteiger partial charge in [-0.15, -0.1) is 10.2 Å². The summed E-state index contributed by atoms with van der Waals surface area (Å²) in [7, 11) is 2.05. The van der Waals surface area contributed by atoms with E-state index in [9.17, 15) is 0 Å². The summed E-state index contributed by atoms with van der Waals surface area (Å²) in [5.41, 5.74) is 8.07. The standard InChI is InChI=1S/C30H31N7S/c1-21-7-10-25-26(5-3-6-27(25)33-21)29-34-35-30(36(29)2)38-18-4-15-37-16-11-22-8-9-24(19-23(22)12-17-37)28-20-31-13-14-32-28/h3,5-10,13-14,19-20H,4,11-12,15-18H2,1-2H3. The first kappa shape index (κ1) is 24.7. The molecule has 192 valence electrons. The second-order valence-corrected chi connectivity index (χ2v) is 10.9. The van der Waals surface area contributed by atoms with E-state index in [1.54, 1.807) is 24.2 Å². The molecule has 5 aromatic rings. The van der Waals surface area contributed by atoms with Gasteiger partial charge in [-0.2, -0.15) is 0 Å². The lowest BCUT2D eigenvalue weighted by Gasteiger charge is -2.19. The molecule has 2 aromatic carbocycles. The van der Waals surface area contributed by atoms with Gasteiger partial charge in [-0.25, -0.2) is 0 Å². The molecule has 0 saturated heterocycles. The Morgan fingerprint density at radius 3 is 2.71 bits per heavy atom. The Hall–Kier alpha value is -3.62. The molecule has 0 aliphatic carbocycles. The van der Waals surface area contributed by atoms with Gasteiger partial charge < -0.3 is 9.47 Å². The molecule has 0 atom stereocenters. The fourth-order valence-corrected chi connectivity index (χ4v) is 6.02. The molecule has 0 radical (unpaired) electrons. The summed E-state index contributed by atoms with van der Waals surface area (Å²) in [5, 5.41) is 11.1. The fourth-order valence-electron chi connectivity index (χ4n) is 5.18. The predicted octanol–water partition coefficient (Wildman–Crippen LogP) is 5.38. The van der Waals surface area contributed by atoms with Gasteiger partial charge in [0.2, 0.25) is 0 Å². The first-order valence-corrected chi connectivity index (χ1v) is 14.1. The number of pyridine rings is 1. The maximum atomic E-state index is 4.67. The summed E-state index contributed by atoms with van der Waals surface area (Å²) in [4.78, 5) is 15.9. The van der Waals surface area contributed by atoms with Crippen molar-refractivity contribution >= 4 is 22.7 Å². The van der Waals surface area contributed by atoms with E-state index < -0.39 is 0 Å². The minimum atomic E-state index is 0.884. The third kappa shape index (κ3) is 5.19. The van der Waals surface area contributed by atoms with Gasteiger partial charge >= 0.3 is 0 Å². The fraction of sp³-hybridized carbons (Fsp3) is 0.300. The van der Waals surface area contributed by atoms with Crippen LogP contribution < -0.4 is 0 Å². The topological polar surface area (TPSA) is 72.6 Å². The van der Waals surface area contributed by atoms with Crippen LogP contribution in [0.5, 0.6) is 0 Å². The molecule has 38 heavy (non-hydrogen) atoms. The molecule has 0 spiro atoms. The van der Waals surface area contributed by atoms with Crippen LogP contribution in [0.25, 0.3) is 33.5 Å². The van der Waals surface area contributed by atoms with Crippen molar-refractivity contribution in [2.24, 2.45) is 7.05 Å². The molecule has 0 N–H and O–H groups in total. The van der Waals surface area contributed by atoms with Gasteiger partial charge in [0, 0.05) is 60.5 Å². The van der Waals surface area contributed by atoms with E-state index in [1.807, 2.05) is 19.2 Å². The maximum absolute atomic E-state index is 4.67. The molecule has 0 amide bonds. The number of nitrogens with zero attached hydrogens (tertiary/aromatic N) is 7. The van der Waals surface area contributed by atoms with E-state index in [-0.39, 0.29) is 0 Å². The third-order valence-corrected chi connectivity index (χ3v) is 8.36. The van der Waals surface area contributed by atoms with Crippen LogP contribution in [0, 0.1) is 6.92 Å². The van der Waals surface area contributed by atoms with Crippen molar-refractivity contribution in [2.45, 2.75) is 31.3 Å². The smallest absolute Gasteiger partial charge is 0.191 e. The number of aryl methyl sites for hydroxylation is 1. The van der Waals surface area contributed by atoms with E-state index in [1.165, 1.54) is 11.1 Å². The number of hydrogen-bond donors (Lipinski definition) is 0. The minimum absolute atomic E-state index is 0.884. The van der Waals surface area contributed by atoms with Gasteiger partial charge in [0.1, 0.15) is 0 Å². The van der Waals surface area contributed by atoms with Crippen LogP contribution in [0.1, 0.15) is 23.2 Å². The van der Waals surface area contributed by atoms with Crippen molar-refractivity contribution in [3.63, 3.8) is 0 Å². The predicted molar refractivity (Wildman–Crippen MR) is 153 cm³/mol. The second-order valence-electron chi connectivity index (χ2n) is 9.81. The first-order chi connectivity index (χ1) is 18.7. The van der Waals surface area contributed by atoms with Crippen molar-refractivity contribution in [1.82, 2.24) is 34.6 Å². The summed E-state index contributed by atoms with van der Waals surface area (Å²) in [5.74, 6) is 1.90. The Morgan fingerprint density at radius 1 is 0.947 bits per heavy atom. The molecule has 0 bridgehead atoms. The molecule has 1 aliphatic heterocycles. The van der Waals surface area contributed by atoms with E-state index >= 15 is 0 Å². The van der Waals surface area contributed by atoms with Gasteiger partial charge in [-0.3, -0.25) is 15.0 Å². The molecule has 6 rings (SSSR count). The molecule has 0 unspecified atom stereocenters. The molecule has 1 aliphatic rings. The molecule has 8 heteroatoms. The molecule has 4 heterocycles. The van der Waals surface area contributed by atoms with Crippen LogP contribution in [-0.2, 0) is 19.9 Å². The largest absolute Gasteiger partial charge is 0.305 e. The lowest BCUT2D eigenvalue weighted by Crippen LogP contribution is -2.27. The van der Waals surface area contributed by atoms with E-state index in [0.717, 1.165) is 89.0 Å². The van der Waals surface area contributed by atoms with Crippen LogP contribution in [-0.4, -0.2) is 60.0 Å². The Kier molecular flexibility index (Phi) is 7.16. The average molecular weight is 522 g/mol. The summed E-state index contributed by atoms with van der Waals surface area (Å²) >= 11 is 1.79. The Labute approximate surface area is 227 Å². The number of thioether (sulfide) groups is 1. The monoisotopic (exact) mass is 521 g/mol. The second kappa shape index (κ2) is 11.0. The van der Waals surface area contributed by atoms with Crippen molar-refractivity contribution in [3.8, 4) is 22.6 Å². The lowest BCUT2D eigenvalue weighted by molar-refractivity contribution is 0.289. The van der Waals surface area contributed by atoms with Crippen LogP contribution >= 0.6 is 11.8 Å². The third-order valence-electron chi connectivity index (χ3n) is 7.26. The van der Waals surface area contributed by atoms with Gasteiger partial charge in [-0.1, -0.05) is 42.1 Å². The Morgan fingerprint density at radius 2 is 1.84 bits per heavy atom. The van der Waals surface area contributed by atoms with Crippen LogP contribution in [0.4, 0.5) is 0 Å². The van der Waals surface area contributed by atoms with Crippen molar-refractivity contribution in [1.29, 1.82) is 0 Å². The van der Waals surface area contributed by atoms with Crippen LogP contribution in [0.3, 0.4) is 0 Å². The highest BCUT2D eigenvalue weighted by atomic mass is 32.2. The Balaban J connectivity index is 1.04. The number of rotatable bonds is 7. The molecular formula is C30H31N7S. The molecular weight excluding hydrogens is 490 g/mol. The van der Waals surface area contributed by atoms with Gasteiger partial charge in [0.15, 0.2) is 11.0 Å². The average Bonchev–Trinajstić information content (AvgIpc) is 3.18. The van der Waals surface area contributed by atoms with E-state index in [0.29, 0.717) is 0 Å². The van der Waals surface area contributed by atoms with Gasteiger partial charge in [-0.05, 0) is 62.1 Å². The van der Waals surface area contributed by atoms with E-state index in [2.05, 4.69) is 84.1 Å². The number of fused-ring (bicyclic) bond motifs is 2. The zero-order valence-corrected chi connectivity index (χ0v) is 22.7. The molecule has 0 fully saturated rings. The summed E-state index contributed by atoms with van der Waals surface area (Å²) in [6, 6.07) is 17.1. The molecule has 7 nitrogen and oxygen atoms in total. The highest BCUT2D eigenvalue weighted by Crippen LogP contribution is 2.29. The zero-order chi connectivity index (χ0) is 25.9. The highest BCUT2D eigenvalue weighted by Gasteiger charge is 2.17. The van der Waals surface area contributed by atoms with Gasteiger partial charge in [0.05, 0.1) is 17.4 Å². The molecule has 3 aromatic heterocycles. The quantitative estimate of drug-likeness (QED) is 0.210. The van der Waals surface area contributed by atoms with Crippen LogP contribution in [0.15, 0.2) is 72.3 Å². The summed E-state index contributed by atoms with van der Waals surface area (Å²) in [6.07, 6.45) is 8.59. The zero-order valence-electron chi connectivity index (χ0n) is 21.8. The normalized spacial score (nSPS) is 13.9. The molecule has 0 saturated carbocycles. The summed E-state index contributed by atoms with van der Waals surface area (Å²) < 4.78 is 2.11. The Bertz CT molecular complexity index is 1560. The maximum Gasteiger partial charge on any atom is 0.191 e. The summed E-state index contributed by atoms with van der Waals surface area (Å²) in [6.45, 7) is 5.30. The number of hydrogen-bond acceptors (Lipinski definition) is 7. The van der Waals surface area contributed by atoms with E-state index in [4.69, 9.17) is 0 Å². The highest BCUT2D eigenvalue weighted by molar-refractivity contribution is 7.99. The first-order valence-electron chi connectivity index (χ1n) is 13.2.